The van der Waals surface area contributed by atoms with E-state index >= 15 is 0 Å². The van der Waals surface area contributed by atoms with Crippen LogP contribution in [0.3, 0.4) is 0 Å². The van der Waals surface area contributed by atoms with Crippen LogP contribution in [0.15, 0.2) is 18.2 Å². The average Bonchev–Trinajstić information content (AvgIpc) is 2.93. The topological polar surface area (TPSA) is 113 Å². The minimum Gasteiger partial charge on any atom is -0.320 e. The van der Waals surface area contributed by atoms with Gasteiger partial charge in [-0.05, 0) is 13.0 Å². The van der Waals surface area contributed by atoms with E-state index in [4.69, 9.17) is 0 Å². The summed E-state index contributed by atoms with van der Waals surface area (Å²) in [5, 5.41) is 23.8. The van der Waals surface area contributed by atoms with E-state index in [2.05, 4.69) is 20.8 Å². The SMILES string of the molecule is Cc1c(NC(=O)c2n[nH]c3c2CNCC3)cccc1[N+](=O)[O-].Cl. The lowest BCUT2D eigenvalue weighted by Gasteiger charge is -2.13. The van der Waals surface area contributed by atoms with Crippen molar-refractivity contribution >= 4 is 29.7 Å². The van der Waals surface area contributed by atoms with Crippen LogP contribution in [0, 0.1) is 17.0 Å². The van der Waals surface area contributed by atoms with Gasteiger partial charge in [0.1, 0.15) is 0 Å². The summed E-state index contributed by atoms with van der Waals surface area (Å²) in [6.45, 7) is 3.04. The molecule has 3 N–H and O–H groups in total. The Labute approximate surface area is 138 Å². The molecule has 0 unspecified atom stereocenters. The second kappa shape index (κ2) is 6.76. The molecule has 1 aromatic heterocycles. The largest absolute Gasteiger partial charge is 0.320 e. The van der Waals surface area contributed by atoms with Crippen molar-refractivity contribution in [2.75, 3.05) is 11.9 Å². The Morgan fingerprint density at radius 3 is 2.96 bits per heavy atom. The number of rotatable bonds is 3. The van der Waals surface area contributed by atoms with Gasteiger partial charge in [0.05, 0.1) is 16.2 Å². The van der Waals surface area contributed by atoms with Gasteiger partial charge in [0.2, 0.25) is 0 Å². The molecule has 8 nitrogen and oxygen atoms in total. The maximum absolute atomic E-state index is 12.4. The van der Waals surface area contributed by atoms with Crippen molar-refractivity contribution < 1.29 is 9.72 Å². The highest BCUT2D eigenvalue weighted by molar-refractivity contribution is 6.04. The zero-order valence-electron chi connectivity index (χ0n) is 12.4. The molecule has 1 aliphatic heterocycles. The number of aromatic nitrogens is 2. The maximum Gasteiger partial charge on any atom is 0.276 e. The molecular weight excluding hydrogens is 322 g/mol. The molecule has 9 heteroatoms. The molecule has 0 fully saturated rings. The number of amides is 1. The molecule has 122 valence electrons. The monoisotopic (exact) mass is 337 g/mol. The summed E-state index contributed by atoms with van der Waals surface area (Å²) >= 11 is 0. The zero-order valence-corrected chi connectivity index (χ0v) is 13.2. The van der Waals surface area contributed by atoms with Crippen molar-refractivity contribution in [2.45, 2.75) is 19.9 Å². The number of benzene rings is 1. The summed E-state index contributed by atoms with van der Waals surface area (Å²) in [4.78, 5) is 22.9. The molecule has 0 atom stereocenters. The second-order valence-corrected chi connectivity index (χ2v) is 5.12. The van der Waals surface area contributed by atoms with E-state index in [1.807, 2.05) is 0 Å². The van der Waals surface area contributed by atoms with Crippen LogP contribution in [-0.4, -0.2) is 27.6 Å². The minimum absolute atomic E-state index is 0. The van der Waals surface area contributed by atoms with Crippen LogP contribution >= 0.6 is 12.4 Å². The highest BCUT2D eigenvalue weighted by Crippen LogP contribution is 2.26. The lowest BCUT2D eigenvalue weighted by Crippen LogP contribution is -2.25. The van der Waals surface area contributed by atoms with Crippen LogP contribution in [0.4, 0.5) is 11.4 Å². The summed E-state index contributed by atoms with van der Waals surface area (Å²) in [5.41, 5.74) is 2.95. The predicted molar refractivity (Wildman–Crippen MR) is 87.0 cm³/mol. The molecule has 1 aromatic carbocycles. The lowest BCUT2D eigenvalue weighted by molar-refractivity contribution is -0.385. The van der Waals surface area contributed by atoms with E-state index in [-0.39, 0.29) is 24.0 Å². The van der Waals surface area contributed by atoms with E-state index in [9.17, 15) is 14.9 Å². The first-order valence-corrected chi connectivity index (χ1v) is 6.90. The van der Waals surface area contributed by atoms with Crippen molar-refractivity contribution in [1.29, 1.82) is 0 Å². The number of hydrogen-bond donors (Lipinski definition) is 3. The van der Waals surface area contributed by atoms with Crippen LogP contribution in [0.1, 0.15) is 27.3 Å². The Kier molecular flexibility index (Phi) is 4.97. The van der Waals surface area contributed by atoms with Gasteiger partial charge in [0.25, 0.3) is 11.6 Å². The van der Waals surface area contributed by atoms with Crippen LogP contribution in [0.2, 0.25) is 0 Å². The third kappa shape index (κ3) is 3.17. The number of carbonyl (C=O) groups excluding carboxylic acids is 1. The molecule has 2 heterocycles. The van der Waals surface area contributed by atoms with E-state index in [0.29, 0.717) is 23.5 Å². The van der Waals surface area contributed by atoms with E-state index < -0.39 is 4.92 Å². The second-order valence-electron chi connectivity index (χ2n) is 5.12. The summed E-state index contributed by atoms with van der Waals surface area (Å²) < 4.78 is 0. The quantitative estimate of drug-likeness (QED) is 0.585. The van der Waals surface area contributed by atoms with Gasteiger partial charge in [-0.3, -0.25) is 20.0 Å². The number of nitro groups is 1. The van der Waals surface area contributed by atoms with Crippen molar-refractivity contribution in [3.05, 3.63) is 50.8 Å². The third-order valence-corrected chi connectivity index (χ3v) is 3.77. The lowest BCUT2D eigenvalue weighted by atomic mass is 10.1. The number of nitrogens with zero attached hydrogens (tertiary/aromatic N) is 2. The van der Waals surface area contributed by atoms with Gasteiger partial charge >= 0.3 is 0 Å². The van der Waals surface area contributed by atoms with Gasteiger partial charge in [0, 0.05) is 36.8 Å². The smallest absolute Gasteiger partial charge is 0.276 e. The van der Waals surface area contributed by atoms with Crippen LogP contribution in [0.25, 0.3) is 0 Å². The number of hydrogen-bond acceptors (Lipinski definition) is 5. The number of H-pyrrole nitrogens is 1. The third-order valence-electron chi connectivity index (χ3n) is 3.77. The Hall–Kier alpha value is -2.45. The number of fused-ring (bicyclic) bond motifs is 1. The van der Waals surface area contributed by atoms with Gasteiger partial charge in [-0.2, -0.15) is 5.10 Å². The first-order chi connectivity index (χ1) is 10.6. The molecule has 3 rings (SSSR count). The number of halogens is 1. The number of nitro benzene ring substituents is 1. The summed E-state index contributed by atoms with van der Waals surface area (Å²) in [5.74, 6) is -0.371. The molecule has 0 bridgehead atoms. The standard InChI is InChI=1S/C14H15N5O3.ClH/c1-8-10(3-2-4-12(8)19(21)22)16-14(20)13-9-7-15-6-5-11(9)17-18-13;/h2-4,15H,5-7H2,1H3,(H,16,20)(H,17,18);1H. The zero-order chi connectivity index (χ0) is 15.7. The molecule has 0 radical (unpaired) electrons. The first-order valence-electron chi connectivity index (χ1n) is 6.90. The van der Waals surface area contributed by atoms with Crippen LogP contribution < -0.4 is 10.6 Å². The minimum atomic E-state index is -0.467. The van der Waals surface area contributed by atoms with Crippen molar-refractivity contribution in [3.63, 3.8) is 0 Å². The molecular formula is C14H16ClN5O3. The van der Waals surface area contributed by atoms with Gasteiger partial charge in [-0.25, -0.2) is 0 Å². The molecule has 0 spiro atoms. The fraction of sp³-hybridized carbons (Fsp3) is 0.286. The summed E-state index contributed by atoms with van der Waals surface area (Å²) in [6.07, 6.45) is 0.797. The molecule has 1 aliphatic rings. The number of nitrogens with one attached hydrogen (secondary N) is 3. The van der Waals surface area contributed by atoms with Gasteiger partial charge in [0.15, 0.2) is 5.69 Å². The van der Waals surface area contributed by atoms with Crippen molar-refractivity contribution in [1.82, 2.24) is 15.5 Å². The Morgan fingerprint density at radius 2 is 2.22 bits per heavy atom. The summed E-state index contributed by atoms with van der Waals surface area (Å²) in [7, 11) is 0. The molecule has 23 heavy (non-hydrogen) atoms. The van der Waals surface area contributed by atoms with Crippen molar-refractivity contribution in [2.24, 2.45) is 0 Å². The molecule has 0 saturated heterocycles. The van der Waals surface area contributed by atoms with Gasteiger partial charge < -0.3 is 10.6 Å². The molecule has 0 aliphatic carbocycles. The number of carbonyl (C=O) groups is 1. The van der Waals surface area contributed by atoms with Gasteiger partial charge in [-0.1, -0.05) is 6.07 Å². The maximum atomic E-state index is 12.4. The van der Waals surface area contributed by atoms with Gasteiger partial charge in [-0.15, -0.1) is 12.4 Å². The van der Waals surface area contributed by atoms with Crippen LogP contribution in [-0.2, 0) is 13.0 Å². The highest BCUT2D eigenvalue weighted by atomic mass is 35.5. The first kappa shape index (κ1) is 16.9. The van der Waals surface area contributed by atoms with Crippen LogP contribution in [0.5, 0.6) is 0 Å². The normalized spacial score (nSPS) is 12.9. The molecule has 1 amide bonds. The van der Waals surface area contributed by atoms with E-state index in [1.165, 1.54) is 6.07 Å². The average molecular weight is 338 g/mol. The Morgan fingerprint density at radius 1 is 1.43 bits per heavy atom. The summed E-state index contributed by atoms with van der Waals surface area (Å²) in [6, 6.07) is 4.59. The Bertz CT molecular complexity index is 759. The molecule has 2 aromatic rings. The fourth-order valence-corrected chi connectivity index (χ4v) is 2.55. The number of aromatic amines is 1. The van der Waals surface area contributed by atoms with E-state index in [0.717, 1.165) is 24.2 Å². The Balaban J connectivity index is 0.00000192. The van der Waals surface area contributed by atoms with E-state index in [1.54, 1.807) is 19.1 Å². The van der Waals surface area contributed by atoms with Crippen molar-refractivity contribution in [3.8, 4) is 0 Å². The molecule has 0 saturated carbocycles. The number of anilines is 1. The fourth-order valence-electron chi connectivity index (χ4n) is 2.55. The highest BCUT2D eigenvalue weighted by Gasteiger charge is 2.23. The predicted octanol–water partition coefficient (Wildman–Crippen LogP) is 1.95.